The smallest absolute Gasteiger partial charge is 0.0677 e. The molecule has 0 radical (unpaired) electrons. The molecule has 1 unspecified atom stereocenters. The van der Waals surface area contributed by atoms with Crippen LogP contribution in [-0.2, 0) is 17.8 Å². The fraction of sp³-hybridized carbons (Fsp3) is 0.550. The van der Waals surface area contributed by atoms with E-state index in [0.29, 0.717) is 12.6 Å². The van der Waals surface area contributed by atoms with Crippen LogP contribution in [0.5, 0.6) is 0 Å². The predicted molar refractivity (Wildman–Crippen MR) is 106 cm³/mol. The standard InChI is InChI=1S/C20H29ClN4O/c1-15(24-8-10-26-11-9-24)12-22-13-19-16(2)23-25(17(19)3)14-18-6-4-5-7-20(18)21/h4-7,15,22H,8-14H2,1-3H3. The third-order valence-corrected chi connectivity index (χ3v) is 5.59. The SMILES string of the molecule is Cc1nn(Cc2ccccc2Cl)c(C)c1CNCC(C)N1CCOCC1. The number of rotatable bonds is 7. The molecule has 0 aliphatic carbocycles. The summed E-state index contributed by atoms with van der Waals surface area (Å²) < 4.78 is 7.49. The van der Waals surface area contributed by atoms with E-state index in [2.05, 4.69) is 41.7 Å². The Hall–Kier alpha value is -1.40. The van der Waals surface area contributed by atoms with Gasteiger partial charge in [-0.05, 0) is 32.4 Å². The van der Waals surface area contributed by atoms with Gasteiger partial charge in [-0.1, -0.05) is 29.8 Å². The highest BCUT2D eigenvalue weighted by Crippen LogP contribution is 2.19. The average Bonchev–Trinajstić information content (AvgIpc) is 2.91. The first kappa shape index (κ1) is 19.4. The molecule has 1 atom stereocenters. The van der Waals surface area contributed by atoms with Gasteiger partial charge >= 0.3 is 0 Å². The lowest BCUT2D eigenvalue weighted by molar-refractivity contribution is 0.0203. The van der Waals surface area contributed by atoms with E-state index >= 15 is 0 Å². The molecular weight excluding hydrogens is 348 g/mol. The number of hydrogen-bond donors (Lipinski definition) is 1. The first-order chi connectivity index (χ1) is 12.6. The van der Waals surface area contributed by atoms with E-state index in [4.69, 9.17) is 21.4 Å². The second-order valence-electron chi connectivity index (χ2n) is 7.03. The minimum atomic E-state index is 0.512. The van der Waals surface area contributed by atoms with Crippen molar-refractivity contribution in [2.75, 3.05) is 32.8 Å². The summed E-state index contributed by atoms with van der Waals surface area (Å²) in [5.41, 5.74) is 4.67. The number of benzene rings is 1. The molecule has 1 aromatic carbocycles. The molecule has 0 bridgehead atoms. The molecule has 1 aliphatic rings. The highest BCUT2D eigenvalue weighted by molar-refractivity contribution is 6.31. The first-order valence-electron chi connectivity index (χ1n) is 9.35. The third-order valence-electron chi connectivity index (χ3n) is 5.22. The summed E-state index contributed by atoms with van der Waals surface area (Å²) in [5, 5.41) is 9.12. The van der Waals surface area contributed by atoms with Crippen molar-refractivity contribution in [3.8, 4) is 0 Å². The summed E-state index contributed by atoms with van der Waals surface area (Å²) in [6.45, 7) is 12.7. The quantitative estimate of drug-likeness (QED) is 0.806. The number of ether oxygens (including phenoxy) is 1. The summed E-state index contributed by atoms with van der Waals surface area (Å²) in [7, 11) is 0. The molecule has 2 aromatic rings. The van der Waals surface area contributed by atoms with Crippen LogP contribution in [0.25, 0.3) is 0 Å². The van der Waals surface area contributed by atoms with Crippen LogP contribution >= 0.6 is 11.6 Å². The average molecular weight is 377 g/mol. The van der Waals surface area contributed by atoms with Crippen LogP contribution in [0.1, 0.15) is 29.4 Å². The monoisotopic (exact) mass is 376 g/mol. The fourth-order valence-electron chi connectivity index (χ4n) is 3.49. The highest BCUT2D eigenvalue weighted by atomic mass is 35.5. The second kappa shape index (κ2) is 9.00. The number of aromatic nitrogens is 2. The number of nitrogens with one attached hydrogen (secondary N) is 1. The summed E-state index contributed by atoms with van der Waals surface area (Å²) in [6, 6.07) is 8.47. The van der Waals surface area contributed by atoms with E-state index in [9.17, 15) is 0 Å². The number of hydrogen-bond acceptors (Lipinski definition) is 4. The van der Waals surface area contributed by atoms with Crippen molar-refractivity contribution < 1.29 is 4.74 Å². The Kier molecular flexibility index (Phi) is 6.70. The molecule has 1 fully saturated rings. The Labute approximate surface area is 161 Å². The van der Waals surface area contributed by atoms with Gasteiger partial charge in [0.15, 0.2) is 0 Å². The molecule has 142 valence electrons. The molecule has 2 heterocycles. The molecule has 6 heteroatoms. The summed E-state index contributed by atoms with van der Waals surface area (Å²) in [4.78, 5) is 2.48. The van der Waals surface area contributed by atoms with Crippen LogP contribution in [0.15, 0.2) is 24.3 Å². The Bertz CT molecular complexity index is 725. The van der Waals surface area contributed by atoms with E-state index in [0.717, 1.165) is 55.7 Å². The molecule has 5 nitrogen and oxygen atoms in total. The van der Waals surface area contributed by atoms with Crippen molar-refractivity contribution in [1.82, 2.24) is 20.0 Å². The van der Waals surface area contributed by atoms with Crippen LogP contribution in [-0.4, -0.2) is 53.6 Å². The van der Waals surface area contributed by atoms with Gasteiger partial charge in [0.05, 0.1) is 25.5 Å². The molecule has 0 amide bonds. The van der Waals surface area contributed by atoms with E-state index < -0.39 is 0 Å². The maximum atomic E-state index is 6.30. The maximum absolute atomic E-state index is 6.30. The van der Waals surface area contributed by atoms with Gasteiger partial charge in [-0.3, -0.25) is 9.58 Å². The zero-order valence-corrected chi connectivity index (χ0v) is 16.7. The minimum absolute atomic E-state index is 0.512. The minimum Gasteiger partial charge on any atom is -0.379 e. The highest BCUT2D eigenvalue weighted by Gasteiger charge is 2.17. The van der Waals surface area contributed by atoms with Crippen LogP contribution in [0.4, 0.5) is 0 Å². The largest absolute Gasteiger partial charge is 0.379 e. The van der Waals surface area contributed by atoms with Gasteiger partial charge in [0.2, 0.25) is 0 Å². The Morgan fingerprint density at radius 1 is 1.23 bits per heavy atom. The zero-order valence-electron chi connectivity index (χ0n) is 16.0. The van der Waals surface area contributed by atoms with Gasteiger partial charge in [0, 0.05) is 48.5 Å². The molecular formula is C20H29ClN4O. The van der Waals surface area contributed by atoms with Crippen LogP contribution in [0.3, 0.4) is 0 Å². The lowest BCUT2D eigenvalue weighted by Gasteiger charge is -2.32. The maximum Gasteiger partial charge on any atom is 0.0677 e. The van der Waals surface area contributed by atoms with Crippen molar-refractivity contribution in [1.29, 1.82) is 0 Å². The number of aryl methyl sites for hydroxylation is 1. The van der Waals surface area contributed by atoms with Crippen molar-refractivity contribution >= 4 is 11.6 Å². The third kappa shape index (κ3) is 4.65. The van der Waals surface area contributed by atoms with E-state index in [1.165, 1.54) is 11.3 Å². The predicted octanol–water partition coefficient (Wildman–Crippen LogP) is 3.01. The second-order valence-corrected chi connectivity index (χ2v) is 7.43. The Balaban J connectivity index is 1.58. The summed E-state index contributed by atoms with van der Waals surface area (Å²) in [6.07, 6.45) is 0. The topological polar surface area (TPSA) is 42.3 Å². The van der Waals surface area contributed by atoms with E-state index in [-0.39, 0.29) is 0 Å². The van der Waals surface area contributed by atoms with Gasteiger partial charge in [0.25, 0.3) is 0 Å². The van der Waals surface area contributed by atoms with Crippen molar-refractivity contribution in [3.63, 3.8) is 0 Å². The van der Waals surface area contributed by atoms with Gasteiger partial charge in [0.1, 0.15) is 0 Å². The van der Waals surface area contributed by atoms with Crippen molar-refractivity contribution in [2.45, 2.75) is 39.9 Å². The van der Waals surface area contributed by atoms with Crippen LogP contribution < -0.4 is 5.32 Å². The molecule has 3 rings (SSSR count). The summed E-state index contributed by atoms with van der Waals surface area (Å²) >= 11 is 6.30. The fourth-order valence-corrected chi connectivity index (χ4v) is 3.68. The lowest BCUT2D eigenvalue weighted by Crippen LogP contribution is -2.46. The van der Waals surface area contributed by atoms with Gasteiger partial charge in [-0.2, -0.15) is 5.10 Å². The first-order valence-corrected chi connectivity index (χ1v) is 9.73. The van der Waals surface area contributed by atoms with Crippen molar-refractivity contribution in [3.05, 3.63) is 51.8 Å². The normalized spacial score (nSPS) is 16.8. The van der Waals surface area contributed by atoms with Gasteiger partial charge in [-0.25, -0.2) is 0 Å². The lowest BCUT2D eigenvalue weighted by atomic mass is 10.1. The van der Waals surface area contributed by atoms with Gasteiger partial charge < -0.3 is 10.1 Å². The molecule has 1 saturated heterocycles. The molecule has 26 heavy (non-hydrogen) atoms. The Morgan fingerprint density at radius 2 is 1.96 bits per heavy atom. The molecule has 1 N–H and O–H groups in total. The number of nitrogens with zero attached hydrogens (tertiary/aromatic N) is 3. The van der Waals surface area contributed by atoms with Crippen molar-refractivity contribution in [2.24, 2.45) is 0 Å². The Morgan fingerprint density at radius 3 is 2.69 bits per heavy atom. The molecule has 1 aromatic heterocycles. The molecule has 1 aliphatic heterocycles. The van der Waals surface area contributed by atoms with Crippen LogP contribution in [0, 0.1) is 13.8 Å². The van der Waals surface area contributed by atoms with Gasteiger partial charge in [-0.15, -0.1) is 0 Å². The summed E-state index contributed by atoms with van der Waals surface area (Å²) in [5.74, 6) is 0. The number of morpholine rings is 1. The molecule has 0 saturated carbocycles. The van der Waals surface area contributed by atoms with E-state index in [1.54, 1.807) is 0 Å². The van der Waals surface area contributed by atoms with Crippen LogP contribution in [0.2, 0.25) is 5.02 Å². The van der Waals surface area contributed by atoms with E-state index in [1.807, 2.05) is 18.2 Å². The molecule has 0 spiro atoms. The zero-order chi connectivity index (χ0) is 18.5. The number of halogens is 1.